The van der Waals surface area contributed by atoms with Crippen LogP contribution in [0.4, 0.5) is 9.52 Å². The first kappa shape index (κ1) is 13.4. The highest BCUT2D eigenvalue weighted by Gasteiger charge is 2.11. The van der Waals surface area contributed by atoms with Crippen LogP contribution in [0, 0.1) is 5.82 Å². The van der Waals surface area contributed by atoms with Crippen molar-refractivity contribution in [1.29, 1.82) is 0 Å². The monoisotopic (exact) mass is 299 g/mol. The minimum absolute atomic E-state index is 0.242. The van der Waals surface area contributed by atoms with Gasteiger partial charge >= 0.3 is 0 Å². The van der Waals surface area contributed by atoms with E-state index in [0.29, 0.717) is 10.1 Å². The van der Waals surface area contributed by atoms with Crippen LogP contribution in [0.1, 0.15) is 10.4 Å². The summed E-state index contributed by atoms with van der Waals surface area (Å²) in [6.07, 6.45) is 0. The zero-order chi connectivity index (χ0) is 14.7. The van der Waals surface area contributed by atoms with Gasteiger partial charge in [-0.1, -0.05) is 47.7 Å². The van der Waals surface area contributed by atoms with Crippen molar-refractivity contribution < 1.29 is 9.18 Å². The topological polar surface area (TPSA) is 54.9 Å². The van der Waals surface area contributed by atoms with E-state index in [0.717, 1.165) is 5.56 Å². The number of nitrogens with zero attached hydrogens (tertiary/aromatic N) is 2. The van der Waals surface area contributed by atoms with Crippen molar-refractivity contribution in [2.45, 2.75) is 0 Å². The highest BCUT2D eigenvalue weighted by atomic mass is 32.1. The number of hydrogen-bond donors (Lipinski definition) is 1. The van der Waals surface area contributed by atoms with Gasteiger partial charge in [-0.05, 0) is 18.2 Å². The molecular weight excluding hydrogens is 289 g/mol. The smallest absolute Gasteiger partial charge is 0.257 e. The largest absolute Gasteiger partial charge is 0.296 e. The first-order chi connectivity index (χ1) is 10.2. The van der Waals surface area contributed by atoms with Gasteiger partial charge < -0.3 is 0 Å². The summed E-state index contributed by atoms with van der Waals surface area (Å²) in [6.45, 7) is 0. The van der Waals surface area contributed by atoms with E-state index in [2.05, 4.69) is 15.5 Å². The molecule has 0 aliphatic rings. The van der Waals surface area contributed by atoms with Gasteiger partial charge in [-0.2, -0.15) is 0 Å². The zero-order valence-corrected chi connectivity index (χ0v) is 11.6. The van der Waals surface area contributed by atoms with Gasteiger partial charge in [-0.3, -0.25) is 10.1 Å². The van der Waals surface area contributed by atoms with Crippen LogP contribution in [0.2, 0.25) is 0 Å². The van der Waals surface area contributed by atoms with Gasteiger partial charge in [-0.15, -0.1) is 10.2 Å². The third-order valence-electron chi connectivity index (χ3n) is 2.75. The predicted molar refractivity (Wildman–Crippen MR) is 79.7 cm³/mol. The van der Waals surface area contributed by atoms with Gasteiger partial charge in [0.15, 0.2) is 0 Å². The molecule has 21 heavy (non-hydrogen) atoms. The molecule has 0 unspecified atom stereocenters. The van der Waals surface area contributed by atoms with Crippen LogP contribution in [-0.4, -0.2) is 16.1 Å². The summed E-state index contributed by atoms with van der Waals surface area (Å²) in [5.41, 5.74) is 1.17. The van der Waals surface area contributed by atoms with E-state index in [1.165, 1.54) is 35.6 Å². The summed E-state index contributed by atoms with van der Waals surface area (Å²) in [4.78, 5) is 12.0. The third kappa shape index (κ3) is 3.11. The van der Waals surface area contributed by atoms with Crippen LogP contribution < -0.4 is 5.32 Å². The van der Waals surface area contributed by atoms with Gasteiger partial charge in [0.05, 0.1) is 0 Å². The normalized spacial score (nSPS) is 10.3. The number of anilines is 1. The molecule has 4 nitrogen and oxygen atoms in total. The van der Waals surface area contributed by atoms with Crippen molar-refractivity contribution in [2.24, 2.45) is 0 Å². The van der Waals surface area contributed by atoms with Crippen LogP contribution in [0.5, 0.6) is 0 Å². The number of hydrogen-bond acceptors (Lipinski definition) is 4. The molecular formula is C15H10FN3OS. The first-order valence-electron chi connectivity index (χ1n) is 6.18. The van der Waals surface area contributed by atoms with Crippen LogP contribution in [0.25, 0.3) is 10.6 Å². The second-order valence-corrected chi connectivity index (χ2v) is 5.22. The van der Waals surface area contributed by atoms with Gasteiger partial charge in [0.2, 0.25) is 5.13 Å². The SMILES string of the molecule is O=C(Nc1nnc(-c2ccccc2)s1)c1cccc(F)c1. The number of carbonyl (C=O) groups is 1. The van der Waals surface area contributed by atoms with E-state index >= 15 is 0 Å². The Hall–Kier alpha value is -2.60. The molecule has 0 saturated carbocycles. The molecule has 0 fully saturated rings. The quantitative estimate of drug-likeness (QED) is 0.804. The molecule has 0 spiro atoms. The number of carbonyl (C=O) groups excluding carboxylic acids is 1. The van der Waals surface area contributed by atoms with Gasteiger partial charge in [0, 0.05) is 11.1 Å². The second-order valence-electron chi connectivity index (χ2n) is 4.24. The summed E-state index contributed by atoms with van der Waals surface area (Å²) in [7, 11) is 0. The standard InChI is InChI=1S/C15H10FN3OS/c16-12-8-4-7-11(9-12)13(20)17-15-19-18-14(21-15)10-5-2-1-3-6-10/h1-9H,(H,17,19,20). The number of halogens is 1. The van der Waals surface area contributed by atoms with Crippen molar-refractivity contribution in [1.82, 2.24) is 10.2 Å². The van der Waals surface area contributed by atoms with E-state index in [1.807, 2.05) is 30.3 Å². The Balaban J connectivity index is 1.77. The van der Waals surface area contributed by atoms with Crippen molar-refractivity contribution in [3.63, 3.8) is 0 Å². The summed E-state index contributed by atoms with van der Waals surface area (Å²) < 4.78 is 13.1. The molecule has 0 atom stereocenters. The Morgan fingerprint density at radius 3 is 2.62 bits per heavy atom. The predicted octanol–water partition coefficient (Wildman–Crippen LogP) is 3.60. The highest BCUT2D eigenvalue weighted by molar-refractivity contribution is 7.18. The Bertz CT molecular complexity index is 773. The summed E-state index contributed by atoms with van der Waals surface area (Å²) in [5.74, 6) is -0.866. The molecule has 0 saturated heterocycles. The second kappa shape index (κ2) is 5.80. The fourth-order valence-electron chi connectivity index (χ4n) is 1.77. The molecule has 3 aromatic rings. The fourth-order valence-corrected chi connectivity index (χ4v) is 2.51. The molecule has 0 bridgehead atoms. The summed E-state index contributed by atoms with van der Waals surface area (Å²) >= 11 is 1.27. The Kier molecular flexibility index (Phi) is 3.70. The molecule has 3 rings (SSSR count). The zero-order valence-electron chi connectivity index (χ0n) is 10.8. The number of amides is 1. The van der Waals surface area contributed by atoms with E-state index in [-0.39, 0.29) is 5.56 Å². The summed E-state index contributed by atoms with van der Waals surface area (Å²) in [6, 6.07) is 15.0. The number of rotatable bonds is 3. The van der Waals surface area contributed by atoms with Crippen LogP contribution >= 0.6 is 11.3 Å². The Labute approximate surface area is 124 Å². The lowest BCUT2D eigenvalue weighted by molar-refractivity contribution is 0.102. The molecule has 1 heterocycles. The van der Waals surface area contributed by atoms with Crippen molar-refractivity contribution in [3.8, 4) is 10.6 Å². The fraction of sp³-hybridized carbons (Fsp3) is 0. The molecule has 104 valence electrons. The molecule has 1 N–H and O–H groups in total. The molecule has 1 amide bonds. The van der Waals surface area contributed by atoms with Gasteiger partial charge in [0.1, 0.15) is 10.8 Å². The third-order valence-corrected chi connectivity index (χ3v) is 3.64. The Morgan fingerprint density at radius 2 is 1.86 bits per heavy atom. The van der Waals surface area contributed by atoms with E-state index in [4.69, 9.17) is 0 Å². The summed E-state index contributed by atoms with van der Waals surface area (Å²) in [5, 5.41) is 11.7. The van der Waals surface area contributed by atoms with Gasteiger partial charge in [0.25, 0.3) is 5.91 Å². The molecule has 0 aliphatic heterocycles. The van der Waals surface area contributed by atoms with Crippen LogP contribution in [0.15, 0.2) is 54.6 Å². The van der Waals surface area contributed by atoms with E-state index in [9.17, 15) is 9.18 Å². The molecule has 2 aromatic carbocycles. The van der Waals surface area contributed by atoms with Crippen molar-refractivity contribution in [2.75, 3.05) is 5.32 Å². The maximum absolute atomic E-state index is 13.1. The maximum Gasteiger partial charge on any atom is 0.257 e. The van der Waals surface area contributed by atoms with E-state index < -0.39 is 11.7 Å². The molecule has 6 heteroatoms. The number of nitrogens with one attached hydrogen (secondary N) is 1. The minimum atomic E-state index is -0.454. The highest BCUT2D eigenvalue weighted by Crippen LogP contribution is 2.26. The van der Waals surface area contributed by atoms with E-state index in [1.54, 1.807) is 0 Å². The average molecular weight is 299 g/mol. The average Bonchev–Trinajstić information content (AvgIpc) is 2.97. The van der Waals surface area contributed by atoms with Crippen LogP contribution in [0.3, 0.4) is 0 Å². The number of aromatic nitrogens is 2. The molecule has 0 radical (unpaired) electrons. The minimum Gasteiger partial charge on any atom is -0.296 e. The maximum atomic E-state index is 13.1. The number of benzene rings is 2. The molecule has 0 aliphatic carbocycles. The Morgan fingerprint density at radius 1 is 1.05 bits per heavy atom. The lowest BCUT2D eigenvalue weighted by Crippen LogP contribution is -2.11. The molecule has 1 aromatic heterocycles. The first-order valence-corrected chi connectivity index (χ1v) is 7.00. The van der Waals surface area contributed by atoms with Crippen molar-refractivity contribution in [3.05, 3.63) is 66.0 Å². The lowest BCUT2D eigenvalue weighted by Gasteiger charge is -2.00. The lowest BCUT2D eigenvalue weighted by atomic mass is 10.2. The van der Waals surface area contributed by atoms with Gasteiger partial charge in [-0.25, -0.2) is 4.39 Å². The van der Waals surface area contributed by atoms with Crippen molar-refractivity contribution >= 4 is 22.4 Å². The van der Waals surface area contributed by atoms with Crippen LogP contribution in [-0.2, 0) is 0 Å².